The highest BCUT2D eigenvalue weighted by molar-refractivity contribution is 5.93. The average molecular weight is 263 g/mol. The normalized spacial score (nSPS) is 10.4. The molecule has 100 valence electrons. The number of hydrogen-bond donors (Lipinski definition) is 0. The van der Waals surface area contributed by atoms with Crippen molar-refractivity contribution in [2.75, 3.05) is 21.3 Å². The second kappa shape index (κ2) is 6.93. The quantitative estimate of drug-likeness (QED) is 0.268. The fraction of sp³-hybridized carbons (Fsp3) is 0.250. The van der Waals surface area contributed by atoms with Crippen LogP contribution in [0.25, 0.3) is 16.5 Å². The van der Waals surface area contributed by atoms with Crippen LogP contribution in [0.4, 0.5) is 0 Å². The van der Waals surface area contributed by atoms with E-state index in [4.69, 9.17) is 15.0 Å². The second-order valence-corrected chi connectivity index (χ2v) is 3.29. The Morgan fingerprint density at radius 3 is 2.58 bits per heavy atom. The number of rotatable bonds is 5. The lowest BCUT2D eigenvalue weighted by molar-refractivity contribution is -0.136. The lowest BCUT2D eigenvalue weighted by Crippen LogP contribution is -2.02. The smallest absolute Gasteiger partial charge is 0.340 e. The Balaban J connectivity index is 3.35. The standard InChI is InChI=1S/C12H13N3O4/c1-17-10-6-4-5-8(11(10)18-2)7-9(14-15-13)12(16)19-3/h4-7H,1-3H3/b9-7-. The van der Waals surface area contributed by atoms with Crippen molar-refractivity contribution in [2.45, 2.75) is 0 Å². The maximum Gasteiger partial charge on any atom is 0.340 e. The minimum absolute atomic E-state index is 0.170. The van der Waals surface area contributed by atoms with Gasteiger partial charge >= 0.3 is 5.97 Å². The molecule has 0 aliphatic carbocycles. The van der Waals surface area contributed by atoms with Crippen molar-refractivity contribution in [3.63, 3.8) is 0 Å². The summed E-state index contributed by atoms with van der Waals surface area (Å²) in [5, 5.41) is 3.29. The third-order valence-electron chi connectivity index (χ3n) is 2.27. The molecule has 0 aromatic heterocycles. The molecule has 0 aliphatic rings. The summed E-state index contributed by atoms with van der Waals surface area (Å²) in [6.45, 7) is 0. The fourth-order valence-corrected chi connectivity index (χ4v) is 1.45. The van der Waals surface area contributed by atoms with Gasteiger partial charge in [-0.25, -0.2) is 4.79 Å². The van der Waals surface area contributed by atoms with Gasteiger partial charge in [-0.15, -0.1) is 0 Å². The van der Waals surface area contributed by atoms with Gasteiger partial charge in [0.25, 0.3) is 0 Å². The van der Waals surface area contributed by atoms with Crippen molar-refractivity contribution in [1.29, 1.82) is 0 Å². The third-order valence-corrected chi connectivity index (χ3v) is 2.27. The first kappa shape index (κ1) is 14.4. The molecule has 0 bridgehead atoms. The molecule has 7 nitrogen and oxygen atoms in total. The summed E-state index contributed by atoms with van der Waals surface area (Å²) in [5.74, 6) is 0.198. The van der Waals surface area contributed by atoms with Crippen molar-refractivity contribution in [3.05, 3.63) is 39.9 Å². The van der Waals surface area contributed by atoms with E-state index >= 15 is 0 Å². The summed E-state index contributed by atoms with van der Waals surface area (Å²) in [6.07, 6.45) is 1.37. The SMILES string of the molecule is COC(=O)/C(=C/c1cccc(OC)c1OC)N=[N+]=[N-]. The first-order chi connectivity index (χ1) is 9.17. The van der Waals surface area contributed by atoms with Gasteiger partial charge in [-0.2, -0.15) is 0 Å². The summed E-state index contributed by atoms with van der Waals surface area (Å²) in [4.78, 5) is 14.0. The maximum absolute atomic E-state index is 11.4. The van der Waals surface area contributed by atoms with Gasteiger partial charge in [0.05, 0.1) is 21.3 Å². The van der Waals surface area contributed by atoms with Gasteiger partial charge < -0.3 is 14.2 Å². The van der Waals surface area contributed by atoms with Crippen LogP contribution in [0.2, 0.25) is 0 Å². The van der Waals surface area contributed by atoms with Gasteiger partial charge in [-0.3, -0.25) is 0 Å². The monoisotopic (exact) mass is 263 g/mol. The number of ether oxygens (including phenoxy) is 3. The molecule has 0 spiro atoms. The molecule has 0 aliphatic heterocycles. The van der Waals surface area contributed by atoms with Gasteiger partial charge in [-0.05, 0) is 17.7 Å². The number of azide groups is 1. The Hall–Kier alpha value is -2.66. The van der Waals surface area contributed by atoms with Crippen LogP contribution in [0.5, 0.6) is 11.5 Å². The minimum atomic E-state index is -0.734. The molecule has 0 unspecified atom stereocenters. The predicted octanol–water partition coefficient (Wildman–Crippen LogP) is 2.53. The predicted molar refractivity (Wildman–Crippen MR) is 68.7 cm³/mol. The number of benzene rings is 1. The van der Waals surface area contributed by atoms with E-state index in [2.05, 4.69) is 14.8 Å². The van der Waals surface area contributed by atoms with Gasteiger partial charge in [-0.1, -0.05) is 17.2 Å². The molecule has 19 heavy (non-hydrogen) atoms. The number of hydrogen-bond acceptors (Lipinski definition) is 5. The molecule has 0 N–H and O–H groups in total. The molecule has 0 fully saturated rings. The topological polar surface area (TPSA) is 93.5 Å². The minimum Gasteiger partial charge on any atom is -0.493 e. The first-order valence-electron chi connectivity index (χ1n) is 5.24. The maximum atomic E-state index is 11.4. The van der Waals surface area contributed by atoms with E-state index in [1.54, 1.807) is 18.2 Å². The van der Waals surface area contributed by atoms with Crippen LogP contribution in [0, 0.1) is 0 Å². The van der Waals surface area contributed by atoms with E-state index in [1.165, 1.54) is 27.4 Å². The highest BCUT2D eigenvalue weighted by Crippen LogP contribution is 2.32. The summed E-state index contributed by atoms with van der Waals surface area (Å²) in [5.41, 5.74) is 8.81. The number of carbonyl (C=O) groups excluding carboxylic acids is 1. The highest BCUT2D eigenvalue weighted by atomic mass is 16.5. The summed E-state index contributed by atoms with van der Waals surface area (Å²) in [7, 11) is 4.17. The molecule has 0 heterocycles. The Kier molecular flexibility index (Phi) is 5.25. The fourth-order valence-electron chi connectivity index (χ4n) is 1.45. The zero-order valence-corrected chi connectivity index (χ0v) is 10.8. The van der Waals surface area contributed by atoms with Crippen LogP contribution in [0.15, 0.2) is 29.0 Å². The van der Waals surface area contributed by atoms with Crippen molar-refractivity contribution >= 4 is 12.0 Å². The molecule has 1 aromatic rings. The van der Waals surface area contributed by atoms with Crippen molar-refractivity contribution in [2.24, 2.45) is 5.11 Å². The summed E-state index contributed by atoms with van der Waals surface area (Å²) >= 11 is 0. The van der Waals surface area contributed by atoms with Crippen molar-refractivity contribution in [1.82, 2.24) is 0 Å². The van der Waals surface area contributed by atoms with Gasteiger partial charge in [0.15, 0.2) is 11.5 Å². The van der Waals surface area contributed by atoms with Gasteiger partial charge in [0.1, 0.15) is 5.70 Å². The van der Waals surface area contributed by atoms with Crippen molar-refractivity contribution < 1.29 is 19.0 Å². The van der Waals surface area contributed by atoms with Gasteiger partial charge in [0, 0.05) is 10.5 Å². The van der Waals surface area contributed by atoms with Crippen LogP contribution >= 0.6 is 0 Å². The summed E-state index contributed by atoms with van der Waals surface area (Å²) < 4.78 is 14.9. The van der Waals surface area contributed by atoms with Crippen LogP contribution in [-0.2, 0) is 9.53 Å². The molecule has 7 heteroatoms. The van der Waals surface area contributed by atoms with E-state index in [1.807, 2.05) is 0 Å². The molecule has 0 saturated carbocycles. The average Bonchev–Trinajstić information content (AvgIpc) is 2.45. The molecule has 0 saturated heterocycles. The van der Waals surface area contributed by atoms with Crippen LogP contribution < -0.4 is 9.47 Å². The van der Waals surface area contributed by atoms with E-state index in [0.717, 1.165) is 0 Å². The lowest BCUT2D eigenvalue weighted by Gasteiger charge is -2.10. The van der Waals surface area contributed by atoms with Crippen LogP contribution in [0.1, 0.15) is 5.56 Å². The largest absolute Gasteiger partial charge is 0.493 e. The van der Waals surface area contributed by atoms with E-state index in [-0.39, 0.29) is 5.70 Å². The molecule has 1 aromatic carbocycles. The highest BCUT2D eigenvalue weighted by Gasteiger charge is 2.12. The Bertz CT molecular complexity index is 548. The van der Waals surface area contributed by atoms with Crippen LogP contribution in [0.3, 0.4) is 0 Å². The number of nitrogens with zero attached hydrogens (tertiary/aromatic N) is 3. The zero-order chi connectivity index (χ0) is 14.3. The van der Waals surface area contributed by atoms with E-state index in [9.17, 15) is 4.79 Å². The zero-order valence-electron chi connectivity index (χ0n) is 10.8. The van der Waals surface area contributed by atoms with Crippen molar-refractivity contribution in [3.8, 4) is 11.5 Å². The van der Waals surface area contributed by atoms with E-state index in [0.29, 0.717) is 17.1 Å². The Morgan fingerprint density at radius 1 is 1.32 bits per heavy atom. The lowest BCUT2D eigenvalue weighted by atomic mass is 10.1. The van der Waals surface area contributed by atoms with E-state index < -0.39 is 5.97 Å². The molecular weight excluding hydrogens is 250 g/mol. The first-order valence-corrected chi connectivity index (χ1v) is 5.24. The number of carbonyl (C=O) groups is 1. The molecule has 0 atom stereocenters. The number of para-hydroxylation sites is 1. The van der Waals surface area contributed by atoms with Crippen LogP contribution in [-0.4, -0.2) is 27.3 Å². The molecule has 0 radical (unpaired) electrons. The molecule has 1 rings (SSSR count). The third kappa shape index (κ3) is 3.40. The molecular formula is C12H13N3O4. The number of methoxy groups -OCH3 is 3. The summed E-state index contributed by atoms with van der Waals surface area (Å²) in [6, 6.07) is 5.12. The Labute approximate surface area is 110 Å². The number of esters is 1. The van der Waals surface area contributed by atoms with Gasteiger partial charge in [0.2, 0.25) is 0 Å². The molecule has 0 amide bonds. The Morgan fingerprint density at radius 2 is 2.05 bits per heavy atom. The second-order valence-electron chi connectivity index (χ2n) is 3.29.